The first-order valence-corrected chi connectivity index (χ1v) is 8.20. The number of hydrogen-bond donors (Lipinski definition) is 1. The second kappa shape index (κ2) is 7.92. The van der Waals surface area contributed by atoms with Crippen molar-refractivity contribution >= 4 is 27.5 Å². The van der Waals surface area contributed by atoms with Gasteiger partial charge in [-0.15, -0.1) is 0 Å². The van der Waals surface area contributed by atoms with Crippen LogP contribution >= 0.6 is 27.5 Å². The van der Waals surface area contributed by atoms with Gasteiger partial charge in [0, 0.05) is 15.5 Å². The van der Waals surface area contributed by atoms with E-state index in [9.17, 15) is 4.39 Å². The van der Waals surface area contributed by atoms with Gasteiger partial charge in [0.15, 0.2) is 0 Å². The van der Waals surface area contributed by atoms with Crippen LogP contribution in [-0.2, 0) is 6.42 Å². The van der Waals surface area contributed by atoms with Gasteiger partial charge in [-0.05, 0) is 54.8 Å². The zero-order valence-electron chi connectivity index (χ0n) is 11.9. The highest BCUT2D eigenvalue weighted by Gasteiger charge is 2.14. The number of hydrogen-bond acceptors (Lipinski definition) is 1. The third-order valence-electron chi connectivity index (χ3n) is 3.33. The maximum atomic E-state index is 13.2. The molecular weight excluding hydrogens is 353 g/mol. The van der Waals surface area contributed by atoms with Crippen LogP contribution in [-0.4, -0.2) is 6.54 Å². The van der Waals surface area contributed by atoms with E-state index in [1.807, 2.05) is 12.1 Å². The Balaban J connectivity index is 2.23. The summed E-state index contributed by atoms with van der Waals surface area (Å²) in [5, 5.41) is 4.01. The van der Waals surface area contributed by atoms with E-state index in [4.69, 9.17) is 11.6 Å². The molecule has 2 rings (SSSR count). The topological polar surface area (TPSA) is 12.0 Å². The van der Waals surface area contributed by atoms with E-state index >= 15 is 0 Å². The highest BCUT2D eigenvalue weighted by Crippen LogP contribution is 2.26. The van der Waals surface area contributed by atoms with Gasteiger partial charge < -0.3 is 5.32 Å². The fourth-order valence-electron chi connectivity index (χ4n) is 2.26. The molecule has 0 saturated carbocycles. The standard InChI is InChI=1S/C17H18BrClFN/c1-2-8-21-17(13-4-3-5-14(18)9-13)10-12-6-7-15(20)11-16(12)19/h3-7,9,11,17,21H,2,8,10H2,1H3. The number of benzene rings is 2. The second-order valence-electron chi connectivity index (χ2n) is 5.00. The molecule has 0 aliphatic heterocycles. The largest absolute Gasteiger partial charge is 0.310 e. The Bertz CT molecular complexity index is 603. The van der Waals surface area contributed by atoms with Crippen LogP contribution in [0.15, 0.2) is 46.9 Å². The summed E-state index contributed by atoms with van der Waals surface area (Å²) in [6, 6.07) is 13.0. The van der Waals surface area contributed by atoms with Crippen molar-refractivity contribution < 1.29 is 4.39 Å². The molecule has 112 valence electrons. The molecule has 0 bridgehead atoms. The van der Waals surface area contributed by atoms with Crippen LogP contribution in [0.4, 0.5) is 4.39 Å². The number of halogens is 3. The van der Waals surface area contributed by atoms with Crippen molar-refractivity contribution in [2.45, 2.75) is 25.8 Å². The molecule has 0 aliphatic rings. The third-order valence-corrected chi connectivity index (χ3v) is 4.18. The lowest BCUT2D eigenvalue weighted by Crippen LogP contribution is -2.24. The first-order valence-electron chi connectivity index (χ1n) is 7.03. The van der Waals surface area contributed by atoms with Crippen molar-refractivity contribution in [1.29, 1.82) is 0 Å². The summed E-state index contributed by atoms with van der Waals surface area (Å²) in [5.74, 6) is -0.302. The molecule has 1 atom stereocenters. The SMILES string of the molecule is CCCNC(Cc1ccc(F)cc1Cl)c1cccc(Br)c1. The van der Waals surface area contributed by atoms with Gasteiger partial charge in [0.25, 0.3) is 0 Å². The minimum atomic E-state index is -0.302. The molecule has 2 aromatic carbocycles. The zero-order valence-corrected chi connectivity index (χ0v) is 14.2. The van der Waals surface area contributed by atoms with Crippen LogP contribution in [0.2, 0.25) is 5.02 Å². The quantitative estimate of drug-likeness (QED) is 0.705. The minimum Gasteiger partial charge on any atom is -0.310 e. The summed E-state index contributed by atoms with van der Waals surface area (Å²) >= 11 is 9.65. The lowest BCUT2D eigenvalue weighted by molar-refractivity contribution is 0.528. The molecule has 0 fully saturated rings. The van der Waals surface area contributed by atoms with Crippen LogP contribution in [0, 0.1) is 5.82 Å². The number of nitrogens with one attached hydrogen (secondary N) is 1. The molecule has 0 amide bonds. The summed E-state index contributed by atoms with van der Waals surface area (Å²) < 4.78 is 14.2. The van der Waals surface area contributed by atoms with Gasteiger partial charge in [0.2, 0.25) is 0 Å². The normalized spacial score (nSPS) is 12.4. The maximum Gasteiger partial charge on any atom is 0.124 e. The van der Waals surface area contributed by atoms with E-state index in [0.29, 0.717) is 5.02 Å². The molecule has 0 saturated heterocycles. The zero-order chi connectivity index (χ0) is 15.2. The van der Waals surface area contributed by atoms with Crippen LogP contribution in [0.3, 0.4) is 0 Å². The Morgan fingerprint density at radius 2 is 2.05 bits per heavy atom. The molecule has 0 spiro atoms. The van der Waals surface area contributed by atoms with Crippen molar-refractivity contribution in [3.05, 3.63) is 68.9 Å². The highest BCUT2D eigenvalue weighted by atomic mass is 79.9. The van der Waals surface area contributed by atoms with Crippen molar-refractivity contribution in [1.82, 2.24) is 5.32 Å². The van der Waals surface area contributed by atoms with Gasteiger partial charge >= 0.3 is 0 Å². The van der Waals surface area contributed by atoms with E-state index < -0.39 is 0 Å². The van der Waals surface area contributed by atoms with Crippen LogP contribution in [0.5, 0.6) is 0 Å². The fourth-order valence-corrected chi connectivity index (χ4v) is 2.92. The predicted octanol–water partition coefficient (Wildman–Crippen LogP) is 5.53. The van der Waals surface area contributed by atoms with E-state index in [1.54, 1.807) is 6.07 Å². The average Bonchev–Trinajstić information content (AvgIpc) is 2.45. The van der Waals surface area contributed by atoms with Gasteiger partial charge in [-0.2, -0.15) is 0 Å². The van der Waals surface area contributed by atoms with Crippen LogP contribution < -0.4 is 5.32 Å². The molecule has 0 radical (unpaired) electrons. The summed E-state index contributed by atoms with van der Waals surface area (Å²) in [7, 11) is 0. The Morgan fingerprint density at radius 3 is 2.71 bits per heavy atom. The van der Waals surface area contributed by atoms with Crippen molar-refractivity contribution in [2.75, 3.05) is 6.54 Å². The molecule has 2 aromatic rings. The molecule has 1 nitrogen and oxygen atoms in total. The summed E-state index contributed by atoms with van der Waals surface area (Å²) in [6.07, 6.45) is 1.79. The Labute approximate surface area is 138 Å². The van der Waals surface area contributed by atoms with Gasteiger partial charge in [-0.1, -0.05) is 52.7 Å². The summed E-state index contributed by atoms with van der Waals surface area (Å²) in [5.41, 5.74) is 2.14. The minimum absolute atomic E-state index is 0.158. The Morgan fingerprint density at radius 1 is 1.24 bits per heavy atom. The monoisotopic (exact) mass is 369 g/mol. The van der Waals surface area contributed by atoms with Gasteiger partial charge in [0.1, 0.15) is 5.82 Å². The molecule has 0 aromatic heterocycles. The first-order chi connectivity index (χ1) is 10.1. The molecule has 1 unspecified atom stereocenters. The molecule has 21 heavy (non-hydrogen) atoms. The molecule has 4 heteroatoms. The van der Waals surface area contributed by atoms with E-state index in [0.717, 1.165) is 29.4 Å². The van der Waals surface area contributed by atoms with Gasteiger partial charge in [-0.3, -0.25) is 0 Å². The second-order valence-corrected chi connectivity index (χ2v) is 6.32. The predicted molar refractivity (Wildman–Crippen MR) is 90.3 cm³/mol. The van der Waals surface area contributed by atoms with Gasteiger partial charge in [0.05, 0.1) is 0 Å². The summed E-state index contributed by atoms with van der Waals surface area (Å²) in [4.78, 5) is 0. The first kappa shape index (κ1) is 16.5. The molecule has 0 heterocycles. The lowest BCUT2D eigenvalue weighted by Gasteiger charge is -2.20. The molecule has 0 aliphatic carbocycles. The van der Waals surface area contributed by atoms with Gasteiger partial charge in [-0.25, -0.2) is 4.39 Å². The van der Waals surface area contributed by atoms with E-state index in [-0.39, 0.29) is 11.9 Å². The number of rotatable bonds is 6. The van der Waals surface area contributed by atoms with Crippen molar-refractivity contribution in [2.24, 2.45) is 0 Å². The Hall–Kier alpha value is -0.900. The third kappa shape index (κ3) is 4.80. The highest BCUT2D eigenvalue weighted by molar-refractivity contribution is 9.10. The lowest BCUT2D eigenvalue weighted by atomic mass is 9.98. The molecular formula is C17H18BrClFN. The van der Waals surface area contributed by atoms with E-state index in [1.165, 1.54) is 17.7 Å². The smallest absolute Gasteiger partial charge is 0.124 e. The van der Waals surface area contributed by atoms with Crippen LogP contribution in [0.25, 0.3) is 0 Å². The average molecular weight is 371 g/mol. The van der Waals surface area contributed by atoms with E-state index in [2.05, 4.69) is 40.3 Å². The van der Waals surface area contributed by atoms with Crippen LogP contribution in [0.1, 0.15) is 30.5 Å². The molecule has 1 N–H and O–H groups in total. The van der Waals surface area contributed by atoms with Crippen molar-refractivity contribution in [3.63, 3.8) is 0 Å². The maximum absolute atomic E-state index is 13.2. The van der Waals surface area contributed by atoms with Crippen molar-refractivity contribution in [3.8, 4) is 0 Å². The summed E-state index contributed by atoms with van der Waals surface area (Å²) in [6.45, 7) is 3.06. The Kier molecular flexibility index (Phi) is 6.22. The fraction of sp³-hybridized carbons (Fsp3) is 0.294.